The van der Waals surface area contributed by atoms with Crippen molar-refractivity contribution in [1.29, 1.82) is 0 Å². The van der Waals surface area contributed by atoms with Crippen molar-refractivity contribution in [3.8, 4) is 0 Å². The van der Waals surface area contributed by atoms with Crippen LogP contribution in [0.2, 0.25) is 0 Å². The van der Waals surface area contributed by atoms with E-state index in [9.17, 15) is 19.8 Å². The first kappa shape index (κ1) is 14.3. The zero-order valence-corrected chi connectivity index (χ0v) is 11.3. The number of nitrogens with zero attached hydrogens (tertiary/aromatic N) is 1. The quantitative estimate of drug-likeness (QED) is 0.808. The van der Waals surface area contributed by atoms with Crippen LogP contribution in [0.1, 0.15) is 44.9 Å². The summed E-state index contributed by atoms with van der Waals surface area (Å²) in [6.45, 7) is 0.642. The summed E-state index contributed by atoms with van der Waals surface area (Å²) in [6.07, 6.45) is 5.97. The number of hydrogen-bond donors (Lipinski definition) is 2. The Morgan fingerprint density at radius 2 is 1.74 bits per heavy atom. The van der Waals surface area contributed by atoms with Gasteiger partial charge in [0.05, 0.1) is 24.5 Å². The minimum absolute atomic E-state index is 0.0177. The second-order valence-corrected chi connectivity index (χ2v) is 5.70. The lowest BCUT2D eigenvalue weighted by atomic mass is 9.94. The zero-order valence-electron chi connectivity index (χ0n) is 11.3. The van der Waals surface area contributed by atoms with Crippen molar-refractivity contribution in [2.75, 3.05) is 13.2 Å². The summed E-state index contributed by atoms with van der Waals surface area (Å²) < 4.78 is 0. The van der Waals surface area contributed by atoms with Gasteiger partial charge in [0.1, 0.15) is 0 Å². The van der Waals surface area contributed by atoms with Crippen LogP contribution in [0.25, 0.3) is 0 Å². The van der Waals surface area contributed by atoms with E-state index in [1.165, 1.54) is 0 Å². The number of hydrogen-bond acceptors (Lipinski definition) is 3. The molecule has 3 atom stereocenters. The maximum Gasteiger partial charge on any atom is 0.307 e. The van der Waals surface area contributed by atoms with Crippen molar-refractivity contribution in [1.82, 2.24) is 4.90 Å². The van der Waals surface area contributed by atoms with E-state index >= 15 is 0 Å². The Morgan fingerprint density at radius 1 is 1.00 bits per heavy atom. The fraction of sp³-hybridized carbons (Fsp3) is 0.857. The Balaban J connectivity index is 2.09. The zero-order chi connectivity index (χ0) is 13.8. The standard InChI is InChI=1S/C14H23NO4/c16-9-10-5-2-1-3-8-15(10)13(17)11-6-4-7-12(11)14(18)19/h10-12,16H,1-9H2,(H,18,19)/t10?,11-,12+/m1/s1. The number of aliphatic hydroxyl groups excluding tert-OH is 1. The highest BCUT2D eigenvalue weighted by Gasteiger charge is 2.41. The molecule has 0 radical (unpaired) electrons. The summed E-state index contributed by atoms with van der Waals surface area (Å²) in [7, 11) is 0. The first-order valence-corrected chi connectivity index (χ1v) is 7.29. The molecule has 2 rings (SSSR count). The summed E-state index contributed by atoms with van der Waals surface area (Å²) in [5, 5.41) is 18.6. The molecule has 2 fully saturated rings. The molecule has 1 amide bonds. The molecule has 5 nitrogen and oxygen atoms in total. The molecule has 2 aliphatic rings. The van der Waals surface area contributed by atoms with Crippen molar-refractivity contribution in [3.05, 3.63) is 0 Å². The summed E-state index contributed by atoms with van der Waals surface area (Å²) >= 11 is 0. The second-order valence-electron chi connectivity index (χ2n) is 5.70. The molecular weight excluding hydrogens is 246 g/mol. The monoisotopic (exact) mass is 269 g/mol. The molecule has 1 saturated carbocycles. The molecule has 1 aliphatic heterocycles. The highest BCUT2D eigenvalue weighted by atomic mass is 16.4. The molecule has 1 saturated heterocycles. The topological polar surface area (TPSA) is 77.8 Å². The number of carboxylic acid groups (broad SMARTS) is 1. The molecule has 0 aromatic rings. The van der Waals surface area contributed by atoms with Crippen LogP contribution >= 0.6 is 0 Å². The summed E-state index contributed by atoms with van der Waals surface area (Å²) in [5.41, 5.74) is 0. The average molecular weight is 269 g/mol. The minimum atomic E-state index is -0.855. The Bertz CT molecular complexity index is 344. The number of carbonyl (C=O) groups is 2. The number of rotatable bonds is 3. The number of aliphatic hydroxyl groups is 1. The molecule has 108 valence electrons. The van der Waals surface area contributed by atoms with Crippen molar-refractivity contribution in [2.45, 2.75) is 51.0 Å². The van der Waals surface area contributed by atoms with E-state index in [4.69, 9.17) is 0 Å². The molecule has 19 heavy (non-hydrogen) atoms. The molecule has 2 N–H and O–H groups in total. The summed E-state index contributed by atoms with van der Waals surface area (Å²) in [6, 6.07) is -0.120. The van der Waals surface area contributed by atoms with Gasteiger partial charge in [-0.2, -0.15) is 0 Å². The predicted molar refractivity (Wildman–Crippen MR) is 69.5 cm³/mol. The number of amides is 1. The van der Waals surface area contributed by atoms with E-state index in [0.29, 0.717) is 19.4 Å². The van der Waals surface area contributed by atoms with Crippen LogP contribution in [0.4, 0.5) is 0 Å². The van der Waals surface area contributed by atoms with Crippen LogP contribution in [0.3, 0.4) is 0 Å². The van der Waals surface area contributed by atoms with Gasteiger partial charge in [-0.1, -0.05) is 19.3 Å². The van der Waals surface area contributed by atoms with E-state index in [2.05, 4.69) is 0 Å². The highest BCUT2D eigenvalue weighted by molar-refractivity contribution is 5.85. The lowest BCUT2D eigenvalue weighted by molar-refractivity contribution is -0.150. The van der Waals surface area contributed by atoms with E-state index in [1.807, 2.05) is 0 Å². The van der Waals surface area contributed by atoms with Gasteiger partial charge in [0.2, 0.25) is 5.91 Å². The number of likely N-dealkylation sites (tertiary alicyclic amines) is 1. The van der Waals surface area contributed by atoms with E-state index in [-0.39, 0.29) is 24.5 Å². The van der Waals surface area contributed by atoms with Gasteiger partial charge in [0.15, 0.2) is 0 Å². The molecule has 1 heterocycles. The van der Waals surface area contributed by atoms with Crippen molar-refractivity contribution in [3.63, 3.8) is 0 Å². The molecule has 1 unspecified atom stereocenters. The van der Waals surface area contributed by atoms with E-state index in [0.717, 1.165) is 32.1 Å². The van der Waals surface area contributed by atoms with Crippen LogP contribution in [0, 0.1) is 11.8 Å². The van der Waals surface area contributed by atoms with Crippen molar-refractivity contribution >= 4 is 11.9 Å². The Morgan fingerprint density at radius 3 is 2.42 bits per heavy atom. The van der Waals surface area contributed by atoms with Gasteiger partial charge in [-0.25, -0.2) is 0 Å². The van der Waals surface area contributed by atoms with Crippen LogP contribution in [-0.2, 0) is 9.59 Å². The number of carboxylic acids is 1. The minimum Gasteiger partial charge on any atom is -0.481 e. The maximum absolute atomic E-state index is 12.6. The van der Waals surface area contributed by atoms with Gasteiger partial charge >= 0.3 is 5.97 Å². The van der Waals surface area contributed by atoms with Gasteiger partial charge in [0.25, 0.3) is 0 Å². The smallest absolute Gasteiger partial charge is 0.307 e. The highest BCUT2D eigenvalue weighted by Crippen LogP contribution is 2.34. The second kappa shape index (κ2) is 6.37. The molecule has 0 aromatic heterocycles. The van der Waals surface area contributed by atoms with Crippen LogP contribution < -0.4 is 0 Å². The fourth-order valence-corrected chi connectivity index (χ4v) is 3.42. The van der Waals surface area contributed by atoms with Crippen LogP contribution in [-0.4, -0.2) is 46.2 Å². The normalized spacial score (nSPS) is 32.1. The third-order valence-electron chi connectivity index (χ3n) is 4.52. The van der Waals surface area contributed by atoms with Gasteiger partial charge in [-0.15, -0.1) is 0 Å². The fourth-order valence-electron chi connectivity index (χ4n) is 3.42. The average Bonchev–Trinajstić information content (AvgIpc) is 2.76. The van der Waals surface area contributed by atoms with E-state index < -0.39 is 11.9 Å². The molecule has 0 bridgehead atoms. The third kappa shape index (κ3) is 3.08. The largest absolute Gasteiger partial charge is 0.481 e. The molecule has 0 aromatic carbocycles. The third-order valence-corrected chi connectivity index (χ3v) is 4.52. The molecule has 0 spiro atoms. The predicted octanol–water partition coefficient (Wildman–Crippen LogP) is 1.25. The lowest BCUT2D eigenvalue weighted by Crippen LogP contribution is -2.46. The first-order chi connectivity index (χ1) is 9.15. The van der Waals surface area contributed by atoms with Crippen molar-refractivity contribution in [2.24, 2.45) is 11.8 Å². The van der Waals surface area contributed by atoms with E-state index in [1.54, 1.807) is 4.90 Å². The Kier molecular flexibility index (Phi) is 4.80. The SMILES string of the molecule is O=C(O)[C@H]1CCC[C@H]1C(=O)N1CCCCCC1CO. The van der Waals surface area contributed by atoms with Crippen LogP contribution in [0.5, 0.6) is 0 Å². The lowest BCUT2D eigenvalue weighted by Gasteiger charge is -2.32. The van der Waals surface area contributed by atoms with Gasteiger partial charge < -0.3 is 15.1 Å². The Hall–Kier alpha value is -1.10. The number of carbonyl (C=O) groups excluding carboxylic acids is 1. The first-order valence-electron chi connectivity index (χ1n) is 7.29. The molecule has 1 aliphatic carbocycles. The maximum atomic E-state index is 12.6. The summed E-state index contributed by atoms with van der Waals surface area (Å²) in [5.74, 6) is -1.82. The summed E-state index contributed by atoms with van der Waals surface area (Å²) in [4.78, 5) is 25.5. The molecular formula is C14H23NO4. The van der Waals surface area contributed by atoms with Crippen LogP contribution in [0.15, 0.2) is 0 Å². The Labute approximate surface area is 113 Å². The van der Waals surface area contributed by atoms with Gasteiger partial charge in [-0.05, 0) is 25.7 Å². The van der Waals surface area contributed by atoms with Gasteiger partial charge in [-0.3, -0.25) is 9.59 Å². The number of aliphatic carboxylic acids is 1. The van der Waals surface area contributed by atoms with Crippen molar-refractivity contribution < 1.29 is 19.8 Å². The molecule has 5 heteroatoms. The van der Waals surface area contributed by atoms with Gasteiger partial charge in [0, 0.05) is 6.54 Å².